The number of hydrogen-bond donors (Lipinski definition) is 1. The van der Waals surface area contributed by atoms with Crippen molar-refractivity contribution >= 4 is 40.7 Å². The molecule has 1 saturated heterocycles. The summed E-state index contributed by atoms with van der Waals surface area (Å²) in [6.07, 6.45) is 2.00. The van der Waals surface area contributed by atoms with E-state index in [-0.39, 0.29) is 16.6 Å². The fraction of sp³-hybridized carbons (Fsp3) is 0.200. The van der Waals surface area contributed by atoms with Crippen molar-refractivity contribution in [2.75, 3.05) is 13.7 Å². The minimum atomic E-state index is -0.832. The van der Waals surface area contributed by atoms with E-state index in [1.807, 2.05) is 16.3 Å². The van der Waals surface area contributed by atoms with E-state index in [2.05, 4.69) is 10.5 Å². The van der Waals surface area contributed by atoms with Gasteiger partial charge in [-0.15, -0.1) is 16.8 Å². The molecule has 3 aromatic rings. The highest BCUT2D eigenvalue weighted by Crippen LogP contribution is 2.42. The highest BCUT2D eigenvalue weighted by Gasteiger charge is 2.42. The third-order valence-corrected chi connectivity index (χ3v) is 6.97. The number of hydrogen-bond acceptors (Lipinski definition) is 9. The number of hydroxylamine groups is 1. The van der Waals surface area contributed by atoms with Crippen molar-refractivity contribution in [2.24, 2.45) is 4.99 Å². The number of methoxy groups -OCH3 is 1. The molecule has 11 heteroatoms. The predicted octanol–water partition coefficient (Wildman–Crippen LogP) is 4.30. The molecule has 2 aromatic carbocycles. The van der Waals surface area contributed by atoms with Gasteiger partial charge in [-0.25, -0.2) is 19.0 Å². The molecule has 1 fully saturated rings. The summed E-state index contributed by atoms with van der Waals surface area (Å²) in [4.78, 5) is 41.9. The molecular formula is C25H20ClFN4O4S. The number of esters is 1. The number of thiazole rings is 1. The Labute approximate surface area is 215 Å². The monoisotopic (exact) mass is 526 g/mol. The van der Waals surface area contributed by atoms with Crippen LogP contribution in [0.25, 0.3) is 0 Å². The maximum absolute atomic E-state index is 13.8. The first-order valence-electron chi connectivity index (χ1n) is 11.0. The van der Waals surface area contributed by atoms with Crippen molar-refractivity contribution in [3.63, 3.8) is 0 Å². The average Bonchev–Trinajstić information content (AvgIpc) is 3.57. The first-order valence-corrected chi connectivity index (χ1v) is 12.2. The zero-order chi connectivity index (χ0) is 25.2. The molecule has 0 aliphatic carbocycles. The van der Waals surface area contributed by atoms with E-state index in [9.17, 15) is 14.0 Å². The van der Waals surface area contributed by atoms with Gasteiger partial charge in [-0.2, -0.15) is 0 Å². The Hall–Kier alpha value is -3.60. The van der Waals surface area contributed by atoms with Gasteiger partial charge in [0.2, 0.25) is 0 Å². The second kappa shape index (κ2) is 10.2. The van der Waals surface area contributed by atoms with Crippen molar-refractivity contribution in [3.8, 4) is 0 Å². The van der Waals surface area contributed by atoms with Crippen LogP contribution in [0.3, 0.4) is 0 Å². The van der Waals surface area contributed by atoms with Crippen LogP contribution < -0.4 is 5.48 Å². The number of nitrogens with zero attached hydrogens (tertiary/aromatic N) is 3. The molecule has 0 unspecified atom stereocenters. The van der Waals surface area contributed by atoms with Gasteiger partial charge in [-0.3, -0.25) is 4.99 Å². The summed E-state index contributed by atoms with van der Waals surface area (Å²) in [6.45, 7) is 0.361. The van der Waals surface area contributed by atoms with Crippen LogP contribution in [0.1, 0.15) is 33.4 Å². The van der Waals surface area contributed by atoms with Gasteiger partial charge in [0.15, 0.2) is 10.8 Å². The van der Waals surface area contributed by atoms with E-state index in [1.54, 1.807) is 30.5 Å². The molecule has 0 bridgehead atoms. The minimum Gasteiger partial charge on any atom is -0.466 e. The highest BCUT2D eigenvalue weighted by molar-refractivity contribution is 7.11. The Balaban J connectivity index is 1.51. The molecule has 8 nitrogen and oxygen atoms in total. The van der Waals surface area contributed by atoms with Gasteiger partial charge in [-0.05, 0) is 24.3 Å². The van der Waals surface area contributed by atoms with E-state index in [4.69, 9.17) is 26.2 Å². The molecule has 2 aliphatic heterocycles. The Morgan fingerprint density at radius 2 is 2.00 bits per heavy atom. The lowest BCUT2D eigenvalue weighted by Crippen LogP contribution is -2.38. The van der Waals surface area contributed by atoms with Crippen LogP contribution in [0, 0.1) is 5.82 Å². The lowest BCUT2D eigenvalue weighted by atomic mass is 9.94. The summed E-state index contributed by atoms with van der Waals surface area (Å²) in [5.41, 5.74) is 4.62. The van der Waals surface area contributed by atoms with E-state index < -0.39 is 23.8 Å². The smallest absolute Gasteiger partial charge is 0.356 e. The number of benzene rings is 2. The molecule has 5 rings (SSSR count). The van der Waals surface area contributed by atoms with Crippen LogP contribution >= 0.6 is 22.9 Å². The quantitative estimate of drug-likeness (QED) is 0.378. The summed E-state index contributed by atoms with van der Waals surface area (Å²) >= 11 is 7.78. The largest absolute Gasteiger partial charge is 0.466 e. The molecule has 1 aromatic heterocycles. The Kier molecular flexibility index (Phi) is 6.82. The van der Waals surface area contributed by atoms with Crippen LogP contribution in [0.4, 0.5) is 4.39 Å². The first kappa shape index (κ1) is 24.1. The standard InChI is InChI=1S/C25H20ClFN4O4S/c1-34-25(33)20-19-12-16(30-35-24(32)14-5-3-2-4-6-14)13-31(19)22(23-28-9-10-36-23)29-21(20)17-8-7-15(27)11-18(17)26/h2-11,16,21,30H,12-13H2,1H3/t16-,21-/m0/s1. The fourth-order valence-electron chi connectivity index (χ4n) is 4.26. The van der Waals surface area contributed by atoms with E-state index in [0.717, 1.165) is 0 Å². The Morgan fingerprint density at radius 3 is 2.69 bits per heavy atom. The summed E-state index contributed by atoms with van der Waals surface area (Å²) < 4.78 is 18.9. The normalized spacial score (nSPS) is 19.1. The highest BCUT2D eigenvalue weighted by atomic mass is 35.5. The van der Waals surface area contributed by atoms with Gasteiger partial charge >= 0.3 is 11.9 Å². The third kappa shape index (κ3) is 4.62. The predicted molar refractivity (Wildman–Crippen MR) is 132 cm³/mol. The number of aliphatic imine (C=N–C) groups is 1. The number of aromatic nitrogens is 1. The van der Waals surface area contributed by atoms with Gasteiger partial charge in [0.25, 0.3) is 0 Å². The summed E-state index contributed by atoms with van der Waals surface area (Å²) in [7, 11) is 1.29. The number of fused-ring (bicyclic) bond motifs is 1. The van der Waals surface area contributed by atoms with Crippen LogP contribution in [0.2, 0.25) is 5.02 Å². The van der Waals surface area contributed by atoms with Crippen molar-refractivity contribution in [1.29, 1.82) is 0 Å². The average molecular weight is 527 g/mol. The second-order valence-electron chi connectivity index (χ2n) is 8.10. The summed E-state index contributed by atoms with van der Waals surface area (Å²) in [6, 6.07) is 11.4. The fourth-order valence-corrected chi connectivity index (χ4v) is 5.18. The van der Waals surface area contributed by atoms with Gasteiger partial charge in [0, 0.05) is 40.8 Å². The molecule has 2 aliphatic rings. The van der Waals surface area contributed by atoms with Crippen molar-refractivity contribution in [3.05, 3.63) is 98.4 Å². The van der Waals surface area contributed by atoms with Crippen LogP contribution in [-0.4, -0.2) is 47.4 Å². The number of carbonyl (C=O) groups is 2. The molecule has 0 radical (unpaired) electrons. The molecule has 36 heavy (non-hydrogen) atoms. The summed E-state index contributed by atoms with van der Waals surface area (Å²) in [5.74, 6) is -1.06. The molecule has 0 saturated carbocycles. The lowest BCUT2D eigenvalue weighted by molar-refractivity contribution is -0.136. The van der Waals surface area contributed by atoms with Gasteiger partial charge < -0.3 is 14.5 Å². The molecular weight excluding hydrogens is 507 g/mol. The van der Waals surface area contributed by atoms with Gasteiger partial charge in [-0.1, -0.05) is 35.9 Å². The van der Waals surface area contributed by atoms with E-state index in [0.29, 0.717) is 40.6 Å². The van der Waals surface area contributed by atoms with Crippen LogP contribution in [-0.2, 0) is 14.4 Å². The molecule has 3 heterocycles. The summed E-state index contributed by atoms with van der Waals surface area (Å²) in [5, 5.41) is 2.61. The van der Waals surface area contributed by atoms with E-state index in [1.165, 1.54) is 36.6 Å². The Morgan fingerprint density at radius 1 is 1.19 bits per heavy atom. The van der Waals surface area contributed by atoms with Crippen molar-refractivity contribution < 1.29 is 23.6 Å². The number of rotatable bonds is 6. The van der Waals surface area contributed by atoms with E-state index >= 15 is 0 Å². The minimum absolute atomic E-state index is 0.141. The lowest BCUT2D eigenvalue weighted by Gasteiger charge is -2.31. The maximum atomic E-state index is 13.8. The second-order valence-corrected chi connectivity index (χ2v) is 9.40. The van der Waals surface area contributed by atoms with Crippen LogP contribution in [0.5, 0.6) is 0 Å². The number of nitrogens with one attached hydrogen (secondary N) is 1. The molecule has 184 valence electrons. The topological polar surface area (TPSA) is 93.1 Å². The Bertz CT molecular complexity index is 1360. The number of halogens is 2. The molecule has 2 atom stereocenters. The number of carbonyl (C=O) groups excluding carboxylic acids is 2. The zero-order valence-electron chi connectivity index (χ0n) is 19.0. The molecule has 0 spiro atoms. The zero-order valence-corrected chi connectivity index (χ0v) is 20.6. The van der Waals surface area contributed by atoms with Crippen molar-refractivity contribution in [2.45, 2.75) is 18.5 Å². The first-order chi connectivity index (χ1) is 17.5. The molecule has 1 N–H and O–H groups in total. The van der Waals surface area contributed by atoms with Gasteiger partial charge in [0.05, 0.1) is 24.3 Å². The third-order valence-electron chi connectivity index (χ3n) is 5.87. The maximum Gasteiger partial charge on any atom is 0.356 e. The van der Waals surface area contributed by atoms with Gasteiger partial charge in [0.1, 0.15) is 11.9 Å². The number of ether oxygens (including phenoxy) is 1. The van der Waals surface area contributed by atoms with Crippen molar-refractivity contribution in [1.82, 2.24) is 15.4 Å². The number of amidine groups is 1. The van der Waals surface area contributed by atoms with Crippen LogP contribution in [0.15, 0.2) is 76.4 Å². The molecule has 0 amide bonds. The SMILES string of the molecule is COC(=O)C1=C2C[C@H](NOC(=O)c3ccccc3)CN2C(c2nccs2)=N[C@H]1c1ccc(F)cc1Cl.